The number of aliphatic carboxylic acids is 1. The number of aromatic nitrogens is 3. The molecule has 3 heterocycles. The normalized spacial score (nSPS) is 12.6. The van der Waals surface area contributed by atoms with E-state index in [0.29, 0.717) is 16.4 Å². The molecule has 1 amide bonds. The van der Waals surface area contributed by atoms with E-state index in [1.54, 1.807) is 23.3 Å². The largest absolute Gasteiger partial charge is 0.494 e. The third-order valence-corrected chi connectivity index (χ3v) is 11.2. The fourth-order valence-electron chi connectivity index (χ4n) is 5.85. The topological polar surface area (TPSA) is 131 Å². The molecule has 2 N–H and O–H groups in total. The number of ketones is 1. The Morgan fingerprint density at radius 2 is 1.53 bits per heavy atom. The van der Waals surface area contributed by atoms with Crippen molar-refractivity contribution in [3.05, 3.63) is 105 Å². The van der Waals surface area contributed by atoms with Gasteiger partial charge in [0, 0.05) is 52.5 Å². The molecular weight excluding hydrogens is 705 g/mol. The standard InChI is InChI=1S/C42H48N4O5S2/c1-5-6-7-8-9-20-51-34-16-14-29(15-17-34)32-24-43-39(44-25-32)30-12-10-28(11-13-30)21-31(22-36(47)37-18-19-38(53-37)42(2,3)4)40(48)46-35(41(49)50)23-33-26-52-27-45-33/h10-19,24-27,31,35H,5-9,20-23H2,1-4H3,(H,46,48)(H,49,50)/t31-,35+/m1/s1. The lowest BCUT2D eigenvalue weighted by molar-refractivity contribution is -0.142. The van der Waals surface area contributed by atoms with Crippen molar-refractivity contribution in [1.82, 2.24) is 20.3 Å². The molecule has 5 aromatic rings. The second kappa shape index (κ2) is 18.8. The van der Waals surface area contributed by atoms with E-state index in [9.17, 15) is 19.5 Å². The number of Topliss-reactive ketones (excluding diaryl/α,β-unsaturated/α-hetero) is 1. The highest BCUT2D eigenvalue weighted by Crippen LogP contribution is 2.31. The number of nitrogens with zero attached hydrogens (tertiary/aromatic N) is 3. The quantitative estimate of drug-likeness (QED) is 0.0631. The van der Waals surface area contributed by atoms with Crippen LogP contribution in [0.4, 0.5) is 0 Å². The summed E-state index contributed by atoms with van der Waals surface area (Å²) in [7, 11) is 0. The Morgan fingerprint density at radius 1 is 0.830 bits per heavy atom. The van der Waals surface area contributed by atoms with Gasteiger partial charge >= 0.3 is 5.97 Å². The maximum atomic E-state index is 13.7. The molecule has 0 fully saturated rings. The van der Waals surface area contributed by atoms with Gasteiger partial charge < -0.3 is 15.2 Å². The molecule has 0 bridgehead atoms. The zero-order valence-electron chi connectivity index (χ0n) is 30.8. The highest BCUT2D eigenvalue weighted by Gasteiger charge is 2.29. The number of ether oxygens (including phenoxy) is 1. The molecule has 9 nitrogen and oxygen atoms in total. The van der Waals surface area contributed by atoms with Crippen molar-refractivity contribution in [2.75, 3.05) is 6.61 Å². The molecule has 53 heavy (non-hydrogen) atoms. The molecule has 5 rings (SSSR count). The SMILES string of the molecule is CCCCCCCOc1ccc(-c2cnc(-c3ccc(C[C@H](CC(=O)c4ccc(C(C)(C)C)s4)C(=O)N[C@@H](Cc4cscn4)C(=O)O)cc3)nc2)cc1. The molecule has 3 aromatic heterocycles. The summed E-state index contributed by atoms with van der Waals surface area (Å²) in [5, 5.41) is 14.3. The van der Waals surface area contributed by atoms with E-state index >= 15 is 0 Å². The number of rotatable bonds is 19. The van der Waals surface area contributed by atoms with Crippen LogP contribution in [0.5, 0.6) is 5.75 Å². The Hall–Kier alpha value is -4.74. The average Bonchev–Trinajstić information content (AvgIpc) is 3.87. The van der Waals surface area contributed by atoms with Crippen molar-refractivity contribution >= 4 is 40.3 Å². The second-order valence-electron chi connectivity index (χ2n) is 14.3. The molecular formula is C42H48N4O5S2. The van der Waals surface area contributed by atoms with Gasteiger partial charge in [-0.05, 0) is 53.6 Å². The number of hydrogen-bond acceptors (Lipinski definition) is 9. The van der Waals surface area contributed by atoms with Crippen molar-refractivity contribution < 1.29 is 24.2 Å². The molecule has 0 unspecified atom stereocenters. The van der Waals surface area contributed by atoms with Crippen molar-refractivity contribution in [2.45, 2.75) is 90.5 Å². The first-order valence-corrected chi connectivity index (χ1v) is 19.9. The summed E-state index contributed by atoms with van der Waals surface area (Å²) in [5.74, 6) is -1.17. The molecule has 2 atom stereocenters. The van der Waals surface area contributed by atoms with Gasteiger partial charge in [0.25, 0.3) is 0 Å². The number of carbonyl (C=O) groups excluding carboxylic acids is 2. The molecule has 0 aliphatic carbocycles. The molecule has 2 aromatic carbocycles. The van der Waals surface area contributed by atoms with Crippen molar-refractivity contribution in [3.8, 4) is 28.3 Å². The number of carboxylic acids is 1. The smallest absolute Gasteiger partial charge is 0.326 e. The molecule has 278 valence electrons. The maximum absolute atomic E-state index is 13.7. The van der Waals surface area contributed by atoms with E-state index in [-0.39, 0.29) is 30.5 Å². The summed E-state index contributed by atoms with van der Waals surface area (Å²) in [5.41, 5.74) is 5.63. The van der Waals surface area contributed by atoms with E-state index in [2.05, 4.69) is 48.0 Å². The molecule has 0 radical (unpaired) electrons. The zero-order valence-corrected chi connectivity index (χ0v) is 32.5. The molecule has 0 saturated carbocycles. The van der Waals surface area contributed by atoms with Gasteiger partial charge in [-0.2, -0.15) is 0 Å². The van der Waals surface area contributed by atoms with Gasteiger partial charge in [0.15, 0.2) is 11.6 Å². The Morgan fingerprint density at radius 3 is 2.15 bits per heavy atom. The van der Waals surface area contributed by atoms with Crippen LogP contribution < -0.4 is 10.1 Å². The summed E-state index contributed by atoms with van der Waals surface area (Å²) in [4.78, 5) is 54.4. The van der Waals surface area contributed by atoms with Gasteiger partial charge in [-0.15, -0.1) is 22.7 Å². The van der Waals surface area contributed by atoms with Gasteiger partial charge in [-0.25, -0.2) is 19.7 Å². The fourth-order valence-corrected chi connectivity index (χ4v) is 7.43. The van der Waals surface area contributed by atoms with Crippen molar-refractivity contribution in [1.29, 1.82) is 0 Å². The highest BCUT2D eigenvalue weighted by atomic mass is 32.1. The monoisotopic (exact) mass is 752 g/mol. The van der Waals surface area contributed by atoms with Crippen LogP contribution in [0.1, 0.15) is 92.0 Å². The third kappa shape index (κ3) is 11.6. The van der Waals surface area contributed by atoms with Crippen LogP contribution in [0.25, 0.3) is 22.5 Å². The fraction of sp³-hybridized carbons (Fsp3) is 0.381. The number of carbonyl (C=O) groups is 3. The van der Waals surface area contributed by atoms with E-state index in [0.717, 1.165) is 45.9 Å². The molecule has 11 heteroatoms. The lowest BCUT2D eigenvalue weighted by atomic mass is 9.92. The van der Waals surface area contributed by atoms with E-state index in [1.165, 1.54) is 48.4 Å². The summed E-state index contributed by atoms with van der Waals surface area (Å²) >= 11 is 2.79. The first kappa shape index (κ1) is 39.5. The number of unbranched alkanes of at least 4 members (excludes halogenated alkanes) is 4. The number of benzene rings is 2. The lowest BCUT2D eigenvalue weighted by Crippen LogP contribution is -2.45. The van der Waals surface area contributed by atoms with Crippen LogP contribution in [-0.4, -0.2) is 50.4 Å². The van der Waals surface area contributed by atoms with Gasteiger partial charge in [0.2, 0.25) is 5.91 Å². The summed E-state index contributed by atoms with van der Waals surface area (Å²) < 4.78 is 5.90. The Bertz CT molecular complexity index is 1920. The Balaban J connectivity index is 1.25. The summed E-state index contributed by atoms with van der Waals surface area (Å²) in [6.07, 6.45) is 9.84. The molecule has 0 aliphatic rings. The van der Waals surface area contributed by atoms with E-state index in [4.69, 9.17) is 4.74 Å². The van der Waals surface area contributed by atoms with Gasteiger partial charge in [-0.3, -0.25) is 9.59 Å². The summed E-state index contributed by atoms with van der Waals surface area (Å²) in [6.45, 7) is 9.20. The second-order valence-corrected chi connectivity index (χ2v) is 16.1. The van der Waals surface area contributed by atoms with Crippen LogP contribution in [0, 0.1) is 5.92 Å². The number of amides is 1. The third-order valence-electron chi connectivity index (χ3n) is 8.98. The van der Waals surface area contributed by atoms with Gasteiger partial charge in [-0.1, -0.05) is 89.8 Å². The van der Waals surface area contributed by atoms with E-state index < -0.39 is 23.8 Å². The number of thiazole rings is 1. The minimum absolute atomic E-state index is 0.0531. The van der Waals surface area contributed by atoms with Crippen LogP contribution in [-0.2, 0) is 27.8 Å². The first-order chi connectivity index (χ1) is 25.5. The number of hydrogen-bond donors (Lipinski definition) is 2. The van der Waals surface area contributed by atoms with Gasteiger partial charge in [0.05, 0.1) is 22.7 Å². The summed E-state index contributed by atoms with van der Waals surface area (Å²) in [6, 6.07) is 18.1. The van der Waals surface area contributed by atoms with Gasteiger partial charge in [0.1, 0.15) is 11.8 Å². The lowest BCUT2D eigenvalue weighted by Gasteiger charge is -2.20. The molecule has 0 spiro atoms. The Labute approximate surface area is 319 Å². The van der Waals surface area contributed by atoms with Crippen molar-refractivity contribution in [3.63, 3.8) is 0 Å². The minimum Gasteiger partial charge on any atom is -0.494 e. The highest BCUT2D eigenvalue weighted by molar-refractivity contribution is 7.14. The molecule has 0 saturated heterocycles. The van der Waals surface area contributed by atoms with E-state index in [1.807, 2.05) is 60.7 Å². The number of nitrogens with one attached hydrogen (secondary N) is 1. The average molecular weight is 753 g/mol. The van der Waals surface area contributed by atoms with Crippen LogP contribution in [0.3, 0.4) is 0 Å². The van der Waals surface area contributed by atoms with Crippen molar-refractivity contribution in [2.24, 2.45) is 5.92 Å². The zero-order chi connectivity index (χ0) is 37.8. The maximum Gasteiger partial charge on any atom is 0.326 e. The first-order valence-electron chi connectivity index (χ1n) is 18.2. The number of carboxylic acid groups (broad SMARTS) is 1. The number of thiophene rings is 1. The minimum atomic E-state index is -1.17. The Kier molecular flexibility index (Phi) is 14.0. The van der Waals surface area contributed by atoms with Crippen LogP contribution in [0.2, 0.25) is 0 Å². The predicted molar refractivity (Wildman–Crippen MR) is 212 cm³/mol. The van der Waals surface area contributed by atoms with Crippen LogP contribution >= 0.6 is 22.7 Å². The predicted octanol–water partition coefficient (Wildman–Crippen LogP) is 9.22. The van der Waals surface area contributed by atoms with Crippen LogP contribution in [0.15, 0.2) is 83.9 Å². The molecule has 0 aliphatic heterocycles.